The van der Waals surface area contributed by atoms with E-state index in [2.05, 4.69) is 57.2 Å². The van der Waals surface area contributed by atoms with Gasteiger partial charge in [0.15, 0.2) is 0 Å². The van der Waals surface area contributed by atoms with E-state index in [1.165, 1.54) is 36.2 Å². The molecule has 1 aromatic carbocycles. The number of fused-ring (bicyclic) bond motifs is 1. The van der Waals surface area contributed by atoms with E-state index in [1.54, 1.807) is 6.33 Å². The highest BCUT2D eigenvalue weighted by Gasteiger charge is 2.21. The molecule has 0 amide bonds. The number of hydrogen-bond acceptors (Lipinski definition) is 4. The quantitative estimate of drug-likeness (QED) is 0.746. The van der Waals surface area contributed by atoms with Crippen LogP contribution in [0.15, 0.2) is 36.7 Å². The molecule has 0 spiro atoms. The first-order valence-corrected chi connectivity index (χ1v) is 8.31. The molecule has 0 radical (unpaired) electrons. The first-order chi connectivity index (χ1) is 11.3. The number of aromatic nitrogens is 4. The third kappa shape index (κ3) is 2.67. The zero-order valence-corrected chi connectivity index (χ0v) is 13.4. The van der Waals surface area contributed by atoms with Gasteiger partial charge < -0.3 is 4.90 Å². The van der Waals surface area contributed by atoms with Crippen LogP contribution in [0.2, 0.25) is 0 Å². The van der Waals surface area contributed by atoms with E-state index in [4.69, 9.17) is 0 Å². The zero-order valence-electron chi connectivity index (χ0n) is 13.4. The molecule has 0 aliphatic carbocycles. The number of aryl methyl sites for hydroxylation is 1. The lowest BCUT2D eigenvalue weighted by Crippen LogP contribution is -2.32. The first kappa shape index (κ1) is 14.2. The lowest BCUT2D eigenvalue weighted by atomic mass is 10.0. The summed E-state index contributed by atoms with van der Waals surface area (Å²) < 4.78 is 1.91. The van der Waals surface area contributed by atoms with E-state index in [9.17, 15) is 0 Å². The third-order valence-electron chi connectivity index (χ3n) is 4.58. The fourth-order valence-electron chi connectivity index (χ4n) is 3.41. The van der Waals surface area contributed by atoms with Crippen molar-refractivity contribution in [2.45, 2.75) is 32.6 Å². The van der Waals surface area contributed by atoms with Crippen molar-refractivity contribution in [2.75, 3.05) is 18.0 Å². The Kier molecular flexibility index (Phi) is 3.69. The summed E-state index contributed by atoms with van der Waals surface area (Å²) in [7, 11) is 0. The highest BCUT2D eigenvalue weighted by Crippen LogP contribution is 2.28. The molecule has 0 unspecified atom stereocenters. The van der Waals surface area contributed by atoms with Gasteiger partial charge in [-0.25, -0.2) is 4.98 Å². The van der Waals surface area contributed by atoms with Crippen LogP contribution in [-0.2, 0) is 6.42 Å². The van der Waals surface area contributed by atoms with Crippen LogP contribution in [-0.4, -0.2) is 32.7 Å². The predicted molar refractivity (Wildman–Crippen MR) is 90.8 cm³/mol. The number of nitrogens with zero attached hydrogens (tertiary/aromatic N) is 5. The summed E-state index contributed by atoms with van der Waals surface area (Å²) in [6.45, 7) is 4.25. The monoisotopic (exact) mass is 307 g/mol. The van der Waals surface area contributed by atoms with E-state index in [0.717, 1.165) is 25.2 Å². The molecule has 1 aliphatic heterocycles. The number of anilines is 1. The molecule has 1 fully saturated rings. The van der Waals surface area contributed by atoms with E-state index in [1.807, 2.05) is 4.52 Å². The minimum Gasteiger partial charge on any atom is -0.356 e. The highest BCUT2D eigenvalue weighted by atomic mass is 15.4. The fraction of sp³-hybridized carbons (Fsp3) is 0.389. The molecular formula is C18H21N5. The van der Waals surface area contributed by atoms with Crippen LogP contribution in [0.25, 0.3) is 5.78 Å². The maximum atomic E-state index is 4.65. The maximum Gasteiger partial charge on any atom is 0.254 e. The molecule has 0 saturated carbocycles. The summed E-state index contributed by atoms with van der Waals surface area (Å²) in [5, 5.41) is 4.44. The van der Waals surface area contributed by atoms with Crippen LogP contribution in [0.4, 0.5) is 5.82 Å². The van der Waals surface area contributed by atoms with E-state index in [0.29, 0.717) is 5.78 Å². The van der Waals surface area contributed by atoms with Crippen molar-refractivity contribution in [1.82, 2.24) is 19.6 Å². The standard InChI is InChI=1S/C18H21N5/c1-14-16(12-15-8-4-2-5-9-15)17(22-10-6-3-7-11-22)23-18(21-14)19-13-20-23/h2,4-5,8-9,13H,3,6-7,10-12H2,1H3. The van der Waals surface area contributed by atoms with E-state index in [-0.39, 0.29) is 0 Å². The molecule has 1 aliphatic rings. The van der Waals surface area contributed by atoms with Gasteiger partial charge in [0.05, 0.1) is 0 Å². The summed E-state index contributed by atoms with van der Waals surface area (Å²) in [4.78, 5) is 11.4. The molecule has 1 saturated heterocycles. The Morgan fingerprint density at radius 2 is 1.83 bits per heavy atom. The number of rotatable bonds is 3. The van der Waals surface area contributed by atoms with Gasteiger partial charge in [0.25, 0.3) is 5.78 Å². The van der Waals surface area contributed by atoms with Crippen LogP contribution in [0.5, 0.6) is 0 Å². The Bertz CT molecular complexity index is 803. The van der Waals surface area contributed by atoms with Crippen molar-refractivity contribution in [3.8, 4) is 0 Å². The van der Waals surface area contributed by atoms with Gasteiger partial charge in [-0.05, 0) is 31.7 Å². The molecule has 5 heteroatoms. The van der Waals surface area contributed by atoms with Gasteiger partial charge in [-0.3, -0.25) is 0 Å². The Morgan fingerprint density at radius 1 is 1.04 bits per heavy atom. The molecule has 23 heavy (non-hydrogen) atoms. The SMILES string of the molecule is Cc1nc2ncnn2c(N2CCCCC2)c1Cc1ccccc1. The Morgan fingerprint density at radius 3 is 2.61 bits per heavy atom. The van der Waals surface area contributed by atoms with Crippen molar-refractivity contribution in [3.05, 3.63) is 53.5 Å². The first-order valence-electron chi connectivity index (χ1n) is 8.31. The van der Waals surface area contributed by atoms with Gasteiger partial charge >= 0.3 is 0 Å². The van der Waals surface area contributed by atoms with Gasteiger partial charge in [0.1, 0.15) is 12.1 Å². The van der Waals surface area contributed by atoms with E-state index >= 15 is 0 Å². The largest absolute Gasteiger partial charge is 0.356 e. The van der Waals surface area contributed by atoms with Crippen molar-refractivity contribution >= 4 is 11.6 Å². The number of hydrogen-bond donors (Lipinski definition) is 0. The Labute approximate surface area is 136 Å². The maximum absolute atomic E-state index is 4.65. The Balaban J connectivity index is 1.85. The topological polar surface area (TPSA) is 46.3 Å². The summed E-state index contributed by atoms with van der Waals surface area (Å²) in [5.74, 6) is 1.87. The van der Waals surface area contributed by atoms with Crippen molar-refractivity contribution < 1.29 is 0 Å². The van der Waals surface area contributed by atoms with Gasteiger partial charge in [0, 0.05) is 30.8 Å². The second-order valence-corrected chi connectivity index (χ2v) is 6.18. The Hall–Kier alpha value is -2.43. The van der Waals surface area contributed by atoms with Crippen molar-refractivity contribution in [2.24, 2.45) is 0 Å². The molecule has 4 rings (SSSR count). The summed E-state index contributed by atoms with van der Waals surface area (Å²) in [6.07, 6.45) is 6.27. The number of piperidine rings is 1. The molecule has 3 aromatic rings. The van der Waals surface area contributed by atoms with Gasteiger partial charge in [-0.1, -0.05) is 30.3 Å². The minimum absolute atomic E-state index is 0.694. The highest BCUT2D eigenvalue weighted by molar-refractivity contribution is 5.56. The van der Waals surface area contributed by atoms with Crippen LogP contribution in [0.1, 0.15) is 36.1 Å². The second-order valence-electron chi connectivity index (χ2n) is 6.18. The lowest BCUT2D eigenvalue weighted by molar-refractivity contribution is 0.566. The lowest BCUT2D eigenvalue weighted by Gasteiger charge is -2.31. The molecule has 0 bridgehead atoms. The molecule has 2 aromatic heterocycles. The molecule has 3 heterocycles. The normalized spacial score (nSPS) is 15.3. The van der Waals surface area contributed by atoms with E-state index < -0.39 is 0 Å². The fourth-order valence-corrected chi connectivity index (χ4v) is 3.41. The molecule has 5 nitrogen and oxygen atoms in total. The molecule has 0 atom stereocenters. The van der Waals surface area contributed by atoms with Crippen LogP contribution >= 0.6 is 0 Å². The minimum atomic E-state index is 0.694. The summed E-state index contributed by atoms with van der Waals surface area (Å²) in [5.41, 5.74) is 3.61. The summed E-state index contributed by atoms with van der Waals surface area (Å²) >= 11 is 0. The van der Waals surface area contributed by atoms with Crippen LogP contribution < -0.4 is 4.90 Å². The summed E-state index contributed by atoms with van der Waals surface area (Å²) in [6, 6.07) is 10.6. The molecule has 118 valence electrons. The van der Waals surface area contributed by atoms with Crippen molar-refractivity contribution in [3.63, 3.8) is 0 Å². The van der Waals surface area contributed by atoms with Gasteiger partial charge in [-0.2, -0.15) is 14.6 Å². The third-order valence-corrected chi connectivity index (χ3v) is 4.58. The van der Waals surface area contributed by atoms with Crippen LogP contribution in [0.3, 0.4) is 0 Å². The number of benzene rings is 1. The average Bonchev–Trinajstić information content (AvgIpc) is 3.05. The zero-order chi connectivity index (χ0) is 15.6. The molecular weight excluding hydrogens is 286 g/mol. The van der Waals surface area contributed by atoms with Crippen LogP contribution in [0, 0.1) is 6.92 Å². The van der Waals surface area contributed by atoms with Gasteiger partial charge in [-0.15, -0.1) is 0 Å². The predicted octanol–water partition coefficient (Wildman–Crippen LogP) is 3.01. The average molecular weight is 307 g/mol. The van der Waals surface area contributed by atoms with Gasteiger partial charge in [0.2, 0.25) is 0 Å². The smallest absolute Gasteiger partial charge is 0.254 e. The second kappa shape index (κ2) is 5.99. The van der Waals surface area contributed by atoms with Crippen molar-refractivity contribution in [1.29, 1.82) is 0 Å². The molecule has 0 N–H and O–H groups in total.